The highest BCUT2D eigenvalue weighted by molar-refractivity contribution is 7.92. The first kappa shape index (κ1) is 26.8. The molecule has 3 fully saturated rings. The van der Waals surface area contributed by atoms with Crippen LogP contribution in [0.3, 0.4) is 0 Å². The number of carbonyl (C=O) groups is 1. The highest BCUT2D eigenvalue weighted by Crippen LogP contribution is 2.62. The van der Waals surface area contributed by atoms with Gasteiger partial charge in [-0.1, -0.05) is 25.3 Å². The second kappa shape index (κ2) is 9.59. The normalized spacial score (nSPS) is 22.1. The molecule has 2 aromatic carbocycles. The minimum Gasteiger partial charge on any atom is -0.307 e. The summed E-state index contributed by atoms with van der Waals surface area (Å²) in [6, 6.07) is 11.7. The summed E-state index contributed by atoms with van der Waals surface area (Å²) in [6.07, 6.45) is 12.6. The van der Waals surface area contributed by atoms with Gasteiger partial charge in [0.25, 0.3) is 5.91 Å². The molecule has 0 aromatic heterocycles. The smallest absolute Gasteiger partial charge is 0.258 e. The average molecular weight is 572 g/mol. The van der Waals surface area contributed by atoms with Crippen LogP contribution in [-0.4, -0.2) is 41.6 Å². The maximum Gasteiger partial charge on any atom is 0.258 e. The van der Waals surface area contributed by atoms with E-state index >= 15 is 0 Å². The third kappa shape index (κ3) is 5.35. The number of hydrogen-bond acceptors (Lipinski definition) is 5. The van der Waals surface area contributed by atoms with E-state index in [1.54, 1.807) is 29.2 Å². The molecule has 2 aromatic rings. The molecule has 1 heterocycles. The molecule has 8 nitrogen and oxygen atoms in total. The Kier molecular flexibility index (Phi) is 6.59. The third-order valence-electron chi connectivity index (χ3n) is 9.41. The van der Waals surface area contributed by atoms with Crippen molar-refractivity contribution in [3.8, 4) is 0 Å². The van der Waals surface area contributed by atoms with Crippen molar-refractivity contribution < 1.29 is 21.6 Å². The number of nitrogens with one attached hydrogen (secondary N) is 2. The number of carbonyl (C=O) groups excluding carboxylic acids is 1. The summed E-state index contributed by atoms with van der Waals surface area (Å²) in [5.41, 5.74) is 2.83. The van der Waals surface area contributed by atoms with Crippen LogP contribution in [-0.2, 0) is 25.5 Å². The lowest BCUT2D eigenvalue weighted by Crippen LogP contribution is -2.40. The van der Waals surface area contributed by atoms with Crippen LogP contribution in [0.2, 0.25) is 0 Å². The first-order chi connectivity index (χ1) is 18.5. The van der Waals surface area contributed by atoms with Crippen LogP contribution < -0.4 is 14.3 Å². The molecule has 2 N–H and O–H groups in total. The summed E-state index contributed by atoms with van der Waals surface area (Å²) in [7, 11) is -7.18. The van der Waals surface area contributed by atoms with Crippen molar-refractivity contribution in [2.24, 2.45) is 5.41 Å². The molecule has 3 aliphatic carbocycles. The van der Waals surface area contributed by atoms with Crippen LogP contribution in [0.15, 0.2) is 47.4 Å². The van der Waals surface area contributed by atoms with Gasteiger partial charge in [-0.15, -0.1) is 0 Å². The Morgan fingerprint density at radius 1 is 0.897 bits per heavy atom. The maximum absolute atomic E-state index is 14.0. The summed E-state index contributed by atoms with van der Waals surface area (Å²) >= 11 is 0. The second-order valence-corrected chi connectivity index (χ2v) is 15.7. The van der Waals surface area contributed by atoms with Gasteiger partial charge in [-0.2, -0.15) is 0 Å². The molecule has 210 valence electrons. The van der Waals surface area contributed by atoms with Gasteiger partial charge in [-0.25, -0.2) is 21.6 Å². The summed E-state index contributed by atoms with van der Waals surface area (Å²) < 4.78 is 55.6. The zero-order valence-corrected chi connectivity index (χ0v) is 24.0. The van der Waals surface area contributed by atoms with Gasteiger partial charge in [0.1, 0.15) is 0 Å². The predicted octanol–water partition coefficient (Wildman–Crippen LogP) is 4.92. The fourth-order valence-electron chi connectivity index (χ4n) is 6.95. The maximum atomic E-state index is 14.0. The summed E-state index contributed by atoms with van der Waals surface area (Å²) in [5, 5.41) is 0. The standard InChI is InChI=1S/C29H37N3O5S2/c1-38(34,35)30-23-10-11-26-25(19-23)29(16-14-28(12-13-28)15-17-29)20-32(26)27(33)21-6-5-9-24(18-21)39(36,37)31-22-7-3-2-4-8-22/h5-6,9-11,18-19,22,30-31H,2-4,7-8,12-17,20H2,1H3. The predicted molar refractivity (Wildman–Crippen MR) is 152 cm³/mol. The number of rotatable bonds is 6. The van der Waals surface area contributed by atoms with Gasteiger partial charge >= 0.3 is 0 Å². The van der Waals surface area contributed by atoms with E-state index in [9.17, 15) is 21.6 Å². The van der Waals surface area contributed by atoms with Crippen molar-refractivity contribution in [1.82, 2.24) is 4.72 Å². The first-order valence-electron chi connectivity index (χ1n) is 14.0. The van der Waals surface area contributed by atoms with Gasteiger partial charge < -0.3 is 4.90 Å². The highest BCUT2D eigenvalue weighted by Gasteiger charge is 2.53. The van der Waals surface area contributed by atoms with E-state index < -0.39 is 20.0 Å². The molecule has 1 amide bonds. The van der Waals surface area contributed by atoms with Crippen molar-refractivity contribution in [3.63, 3.8) is 0 Å². The van der Waals surface area contributed by atoms with E-state index in [1.165, 1.54) is 18.9 Å². The Morgan fingerprint density at radius 3 is 2.26 bits per heavy atom. The molecular weight excluding hydrogens is 534 g/mol. The summed E-state index contributed by atoms with van der Waals surface area (Å²) in [5.74, 6) is -0.238. The van der Waals surface area contributed by atoms with Crippen molar-refractivity contribution in [2.45, 2.75) is 87.0 Å². The van der Waals surface area contributed by atoms with E-state index in [-0.39, 0.29) is 22.3 Å². The van der Waals surface area contributed by atoms with Gasteiger partial charge in [-0.3, -0.25) is 9.52 Å². The number of amides is 1. The molecular formula is C29H37N3O5S2. The quantitative estimate of drug-likeness (QED) is 0.511. The molecule has 3 saturated carbocycles. The fourth-order valence-corrected chi connectivity index (χ4v) is 8.86. The minimum absolute atomic E-state index is 0.0655. The lowest BCUT2D eigenvalue weighted by atomic mass is 9.66. The van der Waals surface area contributed by atoms with E-state index in [0.717, 1.165) is 75.3 Å². The van der Waals surface area contributed by atoms with E-state index in [2.05, 4.69) is 9.44 Å². The molecule has 0 saturated heterocycles. The number of hydrogen-bond donors (Lipinski definition) is 2. The van der Waals surface area contributed by atoms with Crippen LogP contribution in [0.5, 0.6) is 0 Å². The van der Waals surface area contributed by atoms with Crippen molar-refractivity contribution in [3.05, 3.63) is 53.6 Å². The average Bonchev–Trinajstić information content (AvgIpc) is 3.60. The number of fused-ring (bicyclic) bond motifs is 2. The monoisotopic (exact) mass is 571 g/mol. The van der Waals surface area contributed by atoms with Gasteiger partial charge in [0.05, 0.1) is 11.2 Å². The Labute approximate surface area is 231 Å². The first-order valence-corrected chi connectivity index (χ1v) is 17.4. The zero-order valence-electron chi connectivity index (χ0n) is 22.4. The van der Waals surface area contributed by atoms with Crippen molar-refractivity contribution in [2.75, 3.05) is 22.4 Å². The van der Waals surface area contributed by atoms with Crippen LogP contribution in [0.1, 0.15) is 86.6 Å². The molecule has 6 rings (SSSR count). The van der Waals surface area contributed by atoms with Crippen LogP contribution in [0, 0.1) is 5.41 Å². The molecule has 0 radical (unpaired) electrons. The molecule has 0 unspecified atom stereocenters. The molecule has 1 aliphatic heterocycles. The molecule has 4 aliphatic rings. The van der Waals surface area contributed by atoms with Gasteiger partial charge in [0.15, 0.2) is 0 Å². The van der Waals surface area contributed by atoms with Crippen molar-refractivity contribution >= 4 is 37.3 Å². The molecule has 10 heteroatoms. The van der Waals surface area contributed by atoms with Gasteiger partial charge in [-0.05, 0) is 98.7 Å². The fraction of sp³-hybridized carbons (Fsp3) is 0.552. The third-order valence-corrected chi connectivity index (χ3v) is 11.5. The number of anilines is 2. The Morgan fingerprint density at radius 2 is 1.59 bits per heavy atom. The van der Waals surface area contributed by atoms with E-state index in [4.69, 9.17) is 0 Å². The van der Waals surface area contributed by atoms with E-state index in [0.29, 0.717) is 23.2 Å². The SMILES string of the molecule is CS(=O)(=O)Nc1ccc2c(c1)C1(CCC3(CC3)CC1)CN2C(=O)c1cccc(S(=O)(=O)NC2CCCCC2)c1. The van der Waals surface area contributed by atoms with Crippen LogP contribution >= 0.6 is 0 Å². The summed E-state index contributed by atoms with van der Waals surface area (Å²) in [4.78, 5) is 15.8. The summed E-state index contributed by atoms with van der Waals surface area (Å²) in [6.45, 7) is 0.511. The van der Waals surface area contributed by atoms with Crippen LogP contribution in [0.25, 0.3) is 0 Å². The highest BCUT2D eigenvalue weighted by atomic mass is 32.2. The number of benzene rings is 2. The topological polar surface area (TPSA) is 113 Å². The Balaban J connectivity index is 1.30. The van der Waals surface area contributed by atoms with Crippen LogP contribution in [0.4, 0.5) is 11.4 Å². The van der Waals surface area contributed by atoms with E-state index in [1.807, 2.05) is 12.1 Å². The Hall–Kier alpha value is -2.43. The zero-order chi connectivity index (χ0) is 27.5. The van der Waals surface area contributed by atoms with Crippen molar-refractivity contribution in [1.29, 1.82) is 0 Å². The number of sulfonamides is 2. The molecule has 39 heavy (non-hydrogen) atoms. The molecule has 2 spiro atoms. The number of nitrogens with zero attached hydrogens (tertiary/aromatic N) is 1. The second-order valence-electron chi connectivity index (χ2n) is 12.3. The molecule has 0 atom stereocenters. The minimum atomic E-state index is -3.74. The Bertz CT molecular complexity index is 1500. The largest absolute Gasteiger partial charge is 0.307 e. The van der Waals surface area contributed by atoms with Gasteiger partial charge in [0, 0.05) is 34.9 Å². The lowest BCUT2D eigenvalue weighted by molar-refractivity contribution is 0.0980. The van der Waals surface area contributed by atoms with Gasteiger partial charge in [0.2, 0.25) is 20.0 Å². The lowest BCUT2D eigenvalue weighted by Gasteiger charge is -2.38. The molecule has 0 bridgehead atoms.